The molecule has 0 bridgehead atoms. The number of hydrogen-bond donors (Lipinski definition) is 2. The fraction of sp³-hybridized carbons (Fsp3) is 0.125. The molecule has 0 aliphatic carbocycles. The highest BCUT2D eigenvalue weighted by Gasteiger charge is 2.11. The molecule has 0 spiro atoms. The third kappa shape index (κ3) is 4.50. The van der Waals surface area contributed by atoms with Crippen molar-refractivity contribution in [3.8, 4) is 0 Å². The summed E-state index contributed by atoms with van der Waals surface area (Å²) in [5, 5.41) is 4.79. The molecule has 0 radical (unpaired) electrons. The minimum atomic E-state index is -0.876. The Balaban J connectivity index is 2.11. The minimum Gasteiger partial charge on any atom is -0.450 e. The molecule has 5 nitrogen and oxygen atoms in total. The summed E-state index contributed by atoms with van der Waals surface area (Å²) in [7, 11) is 0. The van der Waals surface area contributed by atoms with E-state index in [1.54, 1.807) is 19.1 Å². The molecule has 0 heterocycles. The van der Waals surface area contributed by atoms with Crippen molar-refractivity contribution in [3.63, 3.8) is 0 Å². The fourth-order valence-electron chi connectivity index (χ4n) is 1.81. The van der Waals surface area contributed by atoms with Gasteiger partial charge >= 0.3 is 6.09 Å². The van der Waals surface area contributed by atoms with Gasteiger partial charge in [0.1, 0.15) is 11.6 Å². The third-order valence-corrected chi connectivity index (χ3v) is 2.83. The number of rotatable bonds is 4. The number of carbonyl (C=O) groups is 2. The van der Waals surface area contributed by atoms with Crippen molar-refractivity contribution >= 4 is 23.4 Å². The Hall–Kier alpha value is -2.96. The van der Waals surface area contributed by atoms with E-state index in [0.29, 0.717) is 11.8 Å². The van der Waals surface area contributed by atoms with Crippen LogP contribution in [0.2, 0.25) is 0 Å². The third-order valence-electron chi connectivity index (χ3n) is 2.83. The minimum absolute atomic E-state index is 0.139. The summed E-state index contributed by atoms with van der Waals surface area (Å²) in [5.41, 5.74) is 0.416. The van der Waals surface area contributed by atoms with Gasteiger partial charge < -0.3 is 10.1 Å². The summed E-state index contributed by atoms with van der Waals surface area (Å²) in [4.78, 5) is 23.4. The van der Waals surface area contributed by atoms with E-state index in [-0.39, 0.29) is 17.9 Å². The molecule has 0 atom stereocenters. The molecule has 0 fully saturated rings. The number of ether oxygens (including phenoxy) is 1. The van der Waals surface area contributed by atoms with Crippen LogP contribution in [0.3, 0.4) is 0 Å². The number of benzene rings is 2. The van der Waals surface area contributed by atoms with Gasteiger partial charge in [0.25, 0.3) is 5.91 Å². The SMILES string of the molecule is CCOC(=O)Nc1cccc(C(=O)Nc2ccc(F)cc2F)c1. The van der Waals surface area contributed by atoms with E-state index in [1.165, 1.54) is 12.1 Å². The van der Waals surface area contributed by atoms with Crippen molar-refractivity contribution in [3.05, 3.63) is 59.7 Å². The fourth-order valence-corrected chi connectivity index (χ4v) is 1.81. The van der Waals surface area contributed by atoms with Gasteiger partial charge in [-0.3, -0.25) is 10.1 Å². The Bertz CT molecular complexity index is 735. The van der Waals surface area contributed by atoms with Gasteiger partial charge in [-0.1, -0.05) is 6.07 Å². The predicted octanol–water partition coefficient (Wildman–Crippen LogP) is 3.79. The zero-order valence-electron chi connectivity index (χ0n) is 12.2. The Morgan fingerprint density at radius 2 is 1.87 bits per heavy atom. The van der Waals surface area contributed by atoms with E-state index in [1.807, 2.05) is 0 Å². The first-order chi connectivity index (χ1) is 11.0. The molecule has 120 valence electrons. The van der Waals surface area contributed by atoms with E-state index < -0.39 is 23.6 Å². The lowest BCUT2D eigenvalue weighted by Gasteiger charge is -2.09. The summed E-state index contributed by atoms with van der Waals surface area (Å²) < 4.78 is 31.1. The molecule has 2 aromatic carbocycles. The first-order valence-corrected chi connectivity index (χ1v) is 6.80. The van der Waals surface area contributed by atoms with Crippen LogP contribution in [-0.2, 0) is 4.74 Å². The molecule has 2 N–H and O–H groups in total. The highest BCUT2D eigenvalue weighted by molar-refractivity contribution is 6.05. The maximum Gasteiger partial charge on any atom is 0.411 e. The van der Waals surface area contributed by atoms with Crippen molar-refractivity contribution in [2.75, 3.05) is 17.2 Å². The number of anilines is 2. The maximum atomic E-state index is 13.5. The van der Waals surface area contributed by atoms with Gasteiger partial charge in [0.05, 0.1) is 12.3 Å². The molecule has 2 rings (SSSR count). The number of hydrogen-bond acceptors (Lipinski definition) is 3. The Morgan fingerprint density at radius 1 is 1.09 bits per heavy atom. The van der Waals surface area contributed by atoms with Gasteiger partial charge in [-0.05, 0) is 37.3 Å². The van der Waals surface area contributed by atoms with Crippen LogP contribution in [-0.4, -0.2) is 18.6 Å². The van der Waals surface area contributed by atoms with Gasteiger partial charge in [0.15, 0.2) is 0 Å². The zero-order valence-corrected chi connectivity index (χ0v) is 12.2. The summed E-state index contributed by atoms with van der Waals surface area (Å²) in [6.07, 6.45) is -0.644. The predicted molar refractivity (Wildman–Crippen MR) is 81.4 cm³/mol. The molecule has 2 amide bonds. The molecule has 0 unspecified atom stereocenters. The van der Waals surface area contributed by atoms with E-state index in [0.717, 1.165) is 12.1 Å². The number of carbonyl (C=O) groups excluding carboxylic acids is 2. The van der Waals surface area contributed by atoms with Gasteiger partial charge in [-0.2, -0.15) is 0 Å². The summed E-state index contributed by atoms with van der Waals surface area (Å²) in [6, 6.07) is 8.87. The monoisotopic (exact) mass is 320 g/mol. The van der Waals surface area contributed by atoms with Crippen LogP contribution in [0, 0.1) is 11.6 Å². The first kappa shape index (κ1) is 16.4. The normalized spacial score (nSPS) is 10.0. The standard InChI is InChI=1S/C16H14F2N2O3/c1-2-23-16(22)19-12-5-3-4-10(8-12)15(21)20-14-7-6-11(17)9-13(14)18/h3-9H,2H2,1H3,(H,19,22)(H,20,21). The first-order valence-electron chi connectivity index (χ1n) is 6.80. The van der Waals surface area contributed by atoms with Crippen molar-refractivity contribution in [1.82, 2.24) is 0 Å². The topological polar surface area (TPSA) is 67.4 Å². The molecule has 2 aromatic rings. The van der Waals surface area contributed by atoms with Crippen molar-refractivity contribution in [2.24, 2.45) is 0 Å². The van der Waals surface area contributed by atoms with Crippen molar-refractivity contribution in [2.45, 2.75) is 6.92 Å². The van der Waals surface area contributed by atoms with Crippen LogP contribution in [0.15, 0.2) is 42.5 Å². The average molecular weight is 320 g/mol. The zero-order chi connectivity index (χ0) is 16.8. The lowest BCUT2D eigenvalue weighted by Crippen LogP contribution is -2.15. The quantitative estimate of drug-likeness (QED) is 0.901. The molecule has 0 aromatic heterocycles. The molecule has 0 saturated carbocycles. The van der Waals surface area contributed by atoms with E-state index in [4.69, 9.17) is 4.74 Å². The summed E-state index contributed by atoms with van der Waals surface area (Å²) in [5.74, 6) is -2.21. The Kier molecular flexibility index (Phi) is 5.24. The van der Waals surface area contributed by atoms with Gasteiger partial charge in [0, 0.05) is 17.3 Å². The smallest absolute Gasteiger partial charge is 0.411 e. The second kappa shape index (κ2) is 7.35. The molecule has 0 saturated heterocycles. The van der Waals surface area contributed by atoms with Crippen molar-refractivity contribution in [1.29, 1.82) is 0 Å². The van der Waals surface area contributed by atoms with Gasteiger partial charge in [0.2, 0.25) is 0 Å². The molecule has 0 aliphatic heterocycles. The van der Waals surface area contributed by atoms with Crippen LogP contribution >= 0.6 is 0 Å². The summed E-state index contributed by atoms with van der Waals surface area (Å²) in [6.45, 7) is 1.89. The van der Waals surface area contributed by atoms with Crippen LogP contribution in [0.5, 0.6) is 0 Å². The van der Waals surface area contributed by atoms with Crippen molar-refractivity contribution < 1.29 is 23.1 Å². The average Bonchev–Trinajstić information content (AvgIpc) is 2.50. The van der Waals surface area contributed by atoms with Crippen LogP contribution in [0.4, 0.5) is 25.0 Å². The van der Waals surface area contributed by atoms with E-state index in [9.17, 15) is 18.4 Å². The van der Waals surface area contributed by atoms with E-state index in [2.05, 4.69) is 10.6 Å². The Morgan fingerprint density at radius 3 is 2.57 bits per heavy atom. The van der Waals surface area contributed by atoms with Crippen LogP contribution < -0.4 is 10.6 Å². The Labute approximate surface area is 131 Å². The number of amides is 2. The highest BCUT2D eigenvalue weighted by Crippen LogP contribution is 2.17. The highest BCUT2D eigenvalue weighted by atomic mass is 19.1. The number of halogens is 2. The lowest BCUT2D eigenvalue weighted by molar-refractivity contribution is 0.102. The molecule has 7 heteroatoms. The van der Waals surface area contributed by atoms with Gasteiger partial charge in [-0.15, -0.1) is 0 Å². The molecular weight excluding hydrogens is 306 g/mol. The molecular formula is C16H14F2N2O3. The van der Waals surface area contributed by atoms with Gasteiger partial charge in [-0.25, -0.2) is 13.6 Å². The van der Waals surface area contributed by atoms with Crippen LogP contribution in [0.25, 0.3) is 0 Å². The largest absolute Gasteiger partial charge is 0.450 e. The second-order valence-electron chi connectivity index (χ2n) is 4.50. The molecule has 0 aliphatic rings. The number of nitrogens with one attached hydrogen (secondary N) is 2. The molecule has 23 heavy (non-hydrogen) atoms. The van der Waals surface area contributed by atoms with Crippen LogP contribution in [0.1, 0.15) is 17.3 Å². The lowest BCUT2D eigenvalue weighted by atomic mass is 10.2. The van der Waals surface area contributed by atoms with E-state index >= 15 is 0 Å². The second-order valence-corrected chi connectivity index (χ2v) is 4.50. The maximum absolute atomic E-state index is 13.5. The summed E-state index contributed by atoms with van der Waals surface area (Å²) >= 11 is 0.